The van der Waals surface area contributed by atoms with Crippen molar-refractivity contribution in [3.63, 3.8) is 0 Å². The maximum absolute atomic E-state index is 11.2. The van der Waals surface area contributed by atoms with E-state index >= 15 is 0 Å². The molecule has 0 saturated carbocycles. The minimum atomic E-state index is -0.679. The quantitative estimate of drug-likeness (QED) is 0.745. The predicted octanol–water partition coefficient (Wildman–Crippen LogP) is 1.31. The first-order valence-corrected chi connectivity index (χ1v) is 6.32. The Morgan fingerprint density at radius 2 is 2.25 bits per heavy atom. The molecule has 1 aliphatic rings. The first-order chi connectivity index (χ1) is 7.66. The van der Waals surface area contributed by atoms with Gasteiger partial charge in [0.05, 0.1) is 0 Å². The Morgan fingerprint density at radius 1 is 1.50 bits per heavy atom. The van der Waals surface area contributed by atoms with Crippen LogP contribution in [-0.2, 0) is 4.79 Å². The van der Waals surface area contributed by atoms with Crippen LogP contribution in [0.2, 0.25) is 0 Å². The number of hydrogen-bond acceptors (Lipinski definition) is 3. The summed E-state index contributed by atoms with van der Waals surface area (Å²) in [6, 6.07) is 0.107. The Labute approximate surface area is 98.0 Å². The second kappa shape index (κ2) is 6.86. The maximum atomic E-state index is 11.2. The van der Waals surface area contributed by atoms with Crippen LogP contribution >= 0.6 is 0 Å². The topological polar surface area (TPSA) is 52.6 Å². The number of hydrogen-bond donors (Lipinski definition) is 2. The molecule has 1 rings (SSSR count). The van der Waals surface area contributed by atoms with E-state index < -0.39 is 5.97 Å². The minimum absolute atomic E-state index is 0.312. The van der Waals surface area contributed by atoms with Crippen molar-refractivity contribution in [1.82, 2.24) is 10.2 Å². The van der Waals surface area contributed by atoms with Crippen molar-refractivity contribution in [1.29, 1.82) is 0 Å². The number of rotatable bonds is 5. The normalized spacial score (nSPS) is 24.1. The van der Waals surface area contributed by atoms with Crippen molar-refractivity contribution in [2.24, 2.45) is 0 Å². The number of carbonyl (C=O) groups is 1. The molecule has 1 saturated heterocycles. The molecule has 2 atom stereocenters. The van der Waals surface area contributed by atoms with Crippen LogP contribution in [0.4, 0.5) is 0 Å². The average molecular weight is 228 g/mol. The Bertz CT molecular complexity index is 213. The first kappa shape index (κ1) is 13.5. The van der Waals surface area contributed by atoms with E-state index in [0.29, 0.717) is 6.04 Å². The number of carboxylic acids is 1. The van der Waals surface area contributed by atoms with Crippen LogP contribution in [0.3, 0.4) is 0 Å². The van der Waals surface area contributed by atoms with Gasteiger partial charge in [-0.05, 0) is 45.8 Å². The largest absolute Gasteiger partial charge is 0.480 e. The molecule has 4 nitrogen and oxygen atoms in total. The van der Waals surface area contributed by atoms with Crippen LogP contribution in [0.25, 0.3) is 0 Å². The molecular formula is C12H24N2O2. The molecule has 1 fully saturated rings. The Balaban J connectivity index is 2.56. The van der Waals surface area contributed by atoms with Gasteiger partial charge in [0.25, 0.3) is 0 Å². The monoisotopic (exact) mass is 228 g/mol. The number of nitrogens with one attached hydrogen (secondary N) is 1. The molecule has 2 N–H and O–H groups in total. The molecule has 0 aromatic carbocycles. The molecular weight excluding hydrogens is 204 g/mol. The van der Waals surface area contributed by atoms with Crippen molar-refractivity contribution in [2.45, 2.75) is 51.1 Å². The molecule has 0 amide bonds. The predicted molar refractivity (Wildman–Crippen MR) is 64.6 cm³/mol. The highest BCUT2D eigenvalue weighted by Gasteiger charge is 2.27. The Morgan fingerprint density at radius 3 is 2.88 bits per heavy atom. The average Bonchev–Trinajstić information content (AvgIpc) is 2.53. The van der Waals surface area contributed by atoms with Crippen molar-refractivity contribution < 1.29 is 9.90 Å². The summed E-state index contributed by atoms with van der Waals surface area (Å²) in [6.07, 6.45) is 4.98. The van der Waals surface area contributed by atoms with Crippen LogP contribution in [0.15, 0.2) is 0 Å². The van der Waals surface area contributed by atoms with Gasteiger partial charge in [-0.1, -0.05) is 13.3 Å². The molecule has 0 radical (unpaired) electrons. The SMILES string of the molecule is CCCC(C(=O)O)N(C)C1CCCNCC1. The molecule has 0 aromatic heterocycles. The van der Waals surface area contributed by atoms with E-state index in [-0.39, 0.29) is 6.04 Å². The van der Waals surface area contributed by atoms with E-state index in [1.807, 2.05) is 14.0 Å². The summed E-state index contributed by atoms with van der Waals surface area (Å²) < 4.78 is 0. The molecule has 4 heteroatoms. The number of aliphatic carboxylic acids is 1. The van der Waals surface area contributed by atoms with Gasteiger partial charge in [0.15, 0.2) is 0 Å². The number of likely N-dealkylation sites (N-methyl/N-ethyl adjacent to an activating group) is 1. The van der Waals surface area contributed by atoms with Gasteiger partial charge in [-0.25, -0.2) is 0 Å². The summed E-state index contributed by atoms with van der Waals surface area (Å²) in [4.78, 5) is 13.3. The van der Waals surface area contributed by atoms with E-state index in [0.717, 1.165) is 45.2 Å². The molecule has 16 heavy (non-hydrogen) atoms. The lowest BCUT2D eigenvalue weighted by Crippen LogP contribution is -2.45. The zero-order chi connectivity index (χ0) is 12.0. The molecule has 0 spiro atoms. The van der Waals surface area contributed by atoms with Gasteiger partial charge < -0.3 is 10.4 Å². The van der Waals surface area contributed by atoms with Gasteiger partial charge in [0.2, 0.25) is 0 Å². The molecule has 0 aliphatic carbocycles. The fraction of sp³-hybridized carbons (Fsp3) is 0.917. The van der Waals surface area contributed by atoms with E-state index in [4.69, 9.17) is 0 Å². The fourth-order valence-corrected chi connectivity index (χ4v) is 2.44. The van der Waals surface area contributed by atoms with Gasteiger partial charge in [-0.2, -0.15) is 0 Å². The Hall–Kier alpha value is -0.610. The molecule has 1 aliphatic heterocycles. The minimum Gasteiger partial charge on any atom is -0.480 e. The van der Waals surface area contributed by atoms with Crippen molar-refractivity contribution >= 4 is 5.97 Å². The van der Waals surface area contributed by atoms with Crippen molar-refractivity contribution in [3.05, 3.63) is 0 Å². The van der Waals surface area contributed by atoms with Crippen LogP contribution < -0.4 is 5.32 Å². The standard InChI is InChI=1S/C12H24N2O2/c1-3-5-11(12(15)16)14(2)10-6-4-8-13-9-7-10/h10-11,13H,3-9H2,1-2H3,(H,15,16). The smallest absolute Gasteiger partial charge is 0.320 e. The third kappa shape index (κ3) is 3.76. The summed E-state index contributed by atoms with van der Waals surface area (Å²) in [5.74, 6) is -0.679. The molecule has 94 valence electrons. The van der Waals surface area contributed by atoms with Gasteiger partial charge in [-0.3, -0.25) is 9.69 Å². The third-order valence-corrected chi connectivity index (χ3v) is 3.46. The lowest BCUT2D eigenvalue weighted by atomic mass is 10.0. The summed E-state index contributed by atoms with van der Waals surface area (Å²) in [7, 11) is 1.96. The summed E-state index contributed by atoms with van der Waals surface area (Å²) in [5.41, 5.74) is 0. The molecule has 0 aromatic rings. The zero-order valence-electron chi connectivity index (χ0n) is 10.4. The van der Waals surface area contributed by atoms with Gasteiger partial charge >= 0.3 is 5.97 Å². The molecule has 1 heterocycles. The number of carboxylic acid groups (broad SMARTS) is 1. The summed E-state index contributed by atoms with van der Waals surface area (Å²) in [6.45, 7) is 4.11. The van der Waals surface area contributed by atoms with E-state index in [1.54, 1.807) is 0 Å². The number of nitrogens with zero attached hydrogens (tertiary/aromatic N) is 1. The second-order valence-corrected chi connectivity index (χ2v) is 4.64. The van der Waals surface area contributed by atoms with Crippen LogP contribution in [0.5, 0.6) is 0 Å². The maximum Gasteiger partial charge on any atom is 0.320 e. The molecule has 0 bridgehead atoms. The lowest BCUT2D eigenvalue weighted by molar-refractivity contribution is -0.144. The highest BCUT2D eigenvalue weighted by atomic mass is 16.4. The third-order valence-electron chi connectivity index (χ3n) is 3.46. The summed E-state index contributed by atoms with van der Waals surface area (Å²) >= 11 is 0. The van der Waals surface area contributed by atoms with E-state index in [1.165, 1.54) is 0 Å². The van der Waals surface area contributed by atoms with Gasteiger partial charge in [0.1, 0.15) is 6.04 Å². The lowest BCUT2D eigenvalue weighted by Gasteiger charge is -2.32. The first-order valence-electron chi connectivity index (χ1n) is 6.32. The zero-order valence-corrected chi connectivity index (χ0v) is 10.4. The van der Waals surface area contributed by atoms with E-state index in [9.17, 15) is 9.90 Å². The Kier molecular flexibility index (Phi) is 5.77. The van der Waals surface area contributed by atoms with Crippen molar-refractivity contribution in [2.75, 3.05) is 20.1 Å². The van der Waals surface area contributed by atoms with E-state index in [2.05, 4.69) is 10.2 Å². The fourth-order valence-electron chi connectivity index (χ4n) is 2.44. The van der Waals surface area contributed by atoms with Gasteiger partial charge in [0, 0.05) is 6.04 Å². The highest BCUT2D eigenvalue weighted by molar-refractivity contribution is 5.73. The highest BCUT2D eigenvalue weighted by Crippen LogP contribution is 2.17. The summed E-state index contributed by atoms with van der Waals surface area (Å²) in [5, 5.41) is 12.6. The van der Waals surface area contributed by atoms with Crippen LogP contribution in [0.1, 0.15) is 39.0 Å². The van der Waals surface area contributed by atoms with Crippen LogP contribution in [-0.4, -0.2) is 48.2 Å². The van der Waals surface area contributed by atoms with Gasteiger partial charge in [-0.15, -0.1) is 0 Å². The second-order valence-electron chi connectivity index (χ2n) is 4.64. The van der Waals surface area contributed by atoms with Crippen LogP contribution in [0, 0.1) is 0 Å². The molecule has 2 unspecified atom stereocenters. The van der Waals surface area contributed by atoms with Crippen molar-refractivity contribution in [3.8, 4) is 0 Å².